The molecule has 12 heteroatoms. The van der Waals surface area contributed by atoms with E-state index in [0.717, 1.165) is 76.7 Å². The smallest absolute Gasteiger partial charge is 0.255 e. The number of imidazole rings is 2. The highest BCUT2D eigenvalue weighted by molar-refractivity contribution is 9.11. The lowest BCUT2D eigenvalue weighted by Crippen LogP contribution is -2.12. The zero-order valence-corrected chi connectivity index (χ0v) is 36.1. The average molecular weight is 915 g/mol. The second-order valence-corrected chi connectivity index (χ2v) is 15.4. The van der Waals surface area contributed by atoms with Gasteiger partial charge in [0.05, 0.1) is 44.2 Å². The van der Waals surface area contributed by atoms with E-state index in [2.05, 4.69) is 77.4 Å². The molecule has 0 aliphatic rings. The van der Waals surface area contributed by atoms with Gasteiger partial charge in [-0.25, -0.2) is 9.97 Å². The Labute approximate surface area is 359 Å². The fourth-order valence-electron chi connectivity index (χ4n) is 6.39. The number of fused-ring (bicyclic) bond motifs is 2. The number of rotatable bonds is 11. The third-order valence-corrected chi connectivity index (χ3v) is 10.9. The Morgan fingerprint density at radius 3 is 1.78 bits per heavy atom. The third-order valence-electron chi connectivity index (χ3n) is 9.62. The highest BCUT2D eigenvalue weighted by Gasteiger charge is 2.13. The number of carbonyl (C=O) groups is 2. The molecule has 0 bridgehead atoms. The van der Waals surface area contributed by atoms with Gasteiger partial charge in [0, 0.05) is 34.5 Å². The second-order valence-electron chi connectivity index (χ2n) is 13.7. The highest BCUT2D eigenvalue weighted by Crippen LogP contribution is 2.29. The predicted octanol–water partition coefficient (Wildman–Crippen LogP) is 11.8. The van der Waals surface area contributed by atoms with Crippen LogP contribution >= 0.6 is 31.9 Å². The summed E-state index contributed by atoms with van der Waals surface area (Å²) in [5.41, 5.74) is 11.1. The van der Waals surface area contributed by atoms with E-state index < -0.39 is 0 Å². The van der Waals surface area contributed by atoms with Gasteiger partial charge in [0.15, 0.2) is 0 Å². The topological polar surface area (TPSA) is 134 Å². The molecular formula is C47H42Br2N6O4. The van der Waals surface area contributed by atoms with Gasteiger partial charge in [-0.15, -0.1) is 0 Å². The SMILES string of the molecule is CCOc1ccc(C(=O)Nc2ccc(-c3nc4ccc(C)c(C)c4[nH]3)cc2)cc1Br.CCOc1ccc(C(=O)Nc2ccc(Cc3nc4ccccc4[nH]3)cc2)cc1Br. The number of nitrogens with zero attached hydrogens (tertiary/aromatic N) is 2. The van der Waals surface area contributed by atoms with Crippen molar-refractivity contribution in [3.8, 4) is 22.9 Å². The number of carbonyl (C=O) groups excluding carboxylic acids is 2. The van der Waals surface area contributed by atoms with Crippen molar-refractivity contribution in [3.63, 3.8) is 0 Å². The summed E-state index contributed by atoms with van der Waals surface area (Å²) in [6.45, 7) is 9.17. The summed E-state index contributed by atoms with van der Waals surface area (Å²) >= 11 is 6.89. The van der Waals surface area contributed by atoms with E-state index >= 15 is 0 Å². The number of para-hydroxylation sites is 2. The van der Waals surface area contributed by atoms with E-state index in [1.54, 1.807) is 36.4 Å². The van der Waals surface area contributed by atoms with Crippen molar-refractivity contribution in [2.24, 2.45) is 0 Å². The lowest BCUT2D eigenvalue weighted by atomic mass is 10.1. The Bertz CT molecular complexity index is 2730. The van der Waals surface area contributed by atoms with Crippen LogP contribution in [-0.2, 0) is 6.42 Å². The molecule has 59 heavy (non-hydrogen) atoms. The molecule has 0 aliphatic carbocycles. The van der Waals surface area contributed by atoms with Crippen molar-refractivity contribution in [1.29, 1.82) is 0 Å². The molecule has 0 atom stereocenters. The van der Waals surface area contributed by atoms with Crippen LogP contribution in [0.5, 0.6) is 11.5 Å². The number of anilines is 2. The van der Waals surface area contributed by atoms with E-state index in [4.69, 9.17) is 14.5 Å². The van der Waals surface area contributed by atoms with Crippen LogP contribution in [0.1, 0.15) is 57.1 Å². The van der Waals surface area contributed by atoms with E-state index in [1.807, 2.05) is 92.7 Å². The first-order chi connectivity index (χ1) is 28.6. The van der Waals surface area contributed by atoms with Crippen LogP contribution in [0.25, 0.3) is 33.5 Å². The average Bonchev–Trinajstić information content (AvgIpc) is 3.87. The largest absolute Gasteiger partial charge is 0.493 e. The summed E-state index contributed by atoms with van der Waals surface area (Å²) in [5, 5.41) is 5.85. The standard InChI is InChI=1S/C24H22BrN3O2.C23H20BrN3O2/c1-4-30-21-12-8-17(13-19(21)25)24(29)26-18-9-6-16(7-10-18)23-27-20-11-5-14(2)15(3)22(20)28-23;1-2-29-21-12-9-16(14-18(21)24)23(28)25-17-10-7-15(8-11-17)13-22-26-19-5-3-4-6-20(19)27-22/h5-13H,4H2,1-3H3,(H,26,29)(H,27,28);3-12,14H,2,13H2,1H3,(H,25,28)(H,26,27). The summed E-state index contributed by atoms with van der Waals surface area (Å²) < 4.78 is 12.5. The maximum atomic E-state index is 12.6. The molecule has 0 aliphatic heterocycles. The minimum absolute atomic E-state index is 0.168. The van der Waals surface area contributed by atoms with Gasteiger partial charge >= 0.3 is 0 Å². The van der Waals surface area contributed by atoms with E-state index in [9.17, 15) is 9.59 Å². The van der Waals surface area contributed by atoms with Crippen LogP contribution in [-0.4, -0.2) is 45.0 Å². The van der Waals surface area contributed by atoms with E-state index in [1.165, 1.54) is 11.1 Å². The molecule has 298 valence electrons. The number of hydrogen-bond acceptors (Lipinski definition) is 6. The number of H-pyrrole nitrogens is 2. The number of benzene rings is 6. The number of amides is 2. The van der Waals surface area contributed by atoms with Crippen LogP contribution in [0.2, 0.25) is 0 Å². The molecule has 4 N–H and O–H groups in total. The van der Waals surface area contributed by atoms with Crippen molar-refractivity contribution in [2.75, 3.05) is 23.8 Å². The molecular weight excluding hydrogens is 872 g/mol. The summed E-state index contributed by atoms with van der Waals surface area (Å²) in [6.07, 6.45) is 0.703. The number of aromatic amines is 2. The lowest BCUT2D eigenvalue weighted by molar-refractivity contribution is 0.101. The van der Waals surface area contributed by atoms with Gasteiger partial charge in [-0.05, 0) is 167 Å². The summed E-state index contributed by atoms with van der Waals surface area (Å²) in [4.78, 5) is 41.2. The maximum absolute atomic E-state index is 12.6. The Hall–Kier alpha value is -6.24. The Morgan fingerprint density at radius 1 is 0.644 bits per heavy atom. The summed E-state index contributed by atoms with van der Waals surface area (Å²) in [7, 11) is 0. The van der Waals surface area contributed by atoms with Gasteiger partial charge in [-0.1, -0.05) is 30.3 Å². The molecule has 10 nitrogen and oxygen atoms in total. The second kappa shape index (κ2) is 18.6. The van der Waals surface area contributed by atoms with Crippen LogP contribution in [0.3, 0.4) is 0 Å². The molecule has 2 aromatic heterocycles. The normalized spacial score (nSPS) is 10.9. The van der Waals surface area contributed by atoms with Crippen LogP contribution in [0.4, 0.5) is 11.4 Å². The van der Waals surface area contributed by atoms with Crippen LogP contribution in [0, 0.1) is 13.8 Å². The molecule has 0 unspecified atom stereocenters. The van der Waals surface area contributed by atoms with Gasteiger partial charge in [0.1, 0.15) is 23.1 Å². The predicted molar refractivity (Wildman–Crippen MR) is 243 cm³/mol. The summed E-state index contributed by atoms with van der Waals surface area (Å²) in [5.74, 6) is 2.82. The zero-order chi connectivity index (χ0) is 41.5. The maximum Gasteiger partial charge on any atom is 0.255 e. The number of halogens is 2. The van der Waals surface area contributed by atoms with Gasteiger partial charge in [-0.2, -0.15) is 0 Å². The summed E-state index contributed by atoms with van der Waals surface area (Å²) in [6, 6.07) is 38.1. The molecule has 0 saturated carbocycles. The number of nitrogens with one attached hydrogen (secondary N) is 4. The van der Waals surface area contributed by atoms with Gasteiger partial charge < -0.3 is 30.1 Å². The van der Waals surface area contributed by atoms with Gasteiger partial charge in [0.2, 0.25) is 0 Å². The molecule has 2 heterocycles. The third kappa shape index (κ3) is 9.90. The van der Waals surface area contributed by atoms with Gasteiger partial charge in [0.25, 0.3) is 11.8 Å². The molecule has 0 saturated heterocycles. The van der Waals surface area contributed by atoms with Crippen molar-refractivity contribution in [2.45, 2.75) is 34.1 Å². The molecule has 0 fully saturated rings. The number of aryl methyl sites for hydroxylation is 2. The van der Waals surface area contributed by atoms with Crippen LogP contribution < -0.4 is 20.1 Å². The Kier molecular flexibility index (Phi) is 12.9. The zero-order valence-electron chi connectivity index (χ0n) is 33.0. The number of aromatic nitrogens is 4. The van der Waals surface area contributed by atoms with E-state index in [0.29, 0.717) is 30.8 Å². The molecule has 8 aromatic rings. The Morgan fingerprint density at radius 2 is 1.22 bits per heavy atom. The first kappa shape index (κ1) is 40.9. The number of ether oxygens (including phenoxy) is 2. The Balaban J connectivity index is 0.000000179. The van der Waals surface area contributed by atoms with Gasteiger partial charge in [-0.3, -0.25) is 9.59 Å². The van der Waals surface area contributed by atoms with E-state index in [-0.39, 0.29) is 11.8 Å². The molecule has 0 spiro atoms. The fourth-order valence-corrected chi connectivity index (χ4v) is 7.38. The molecule has 6 aromatic carbocycles. The first-order valence-corrected chi connectivity index (χ1v) is 20.7. The monoisotopic (exact) mass is 912 g/mol. The van der Waals surface area contributed by atoms with Crippen molar-refractivity contribution in [3.05, 3.63) is 164 Å². The lowest BCUT2D eigenvalue weighted by Gasteiger charge is -2.09. The minimum Gasteiger partial charge on any atom is -0.493 e. The number of hydrogen-bond donors (Lipinski definition) is 4. The van der Waals surface area contributed by atoms with Crippen molar-refractivity contribution < 1.29 is 19.1 Å². The highest BCUT2D eigenvalue weighted by atomic mass is 79.9. The molecule has 2 amide bonds. The van der Waals surface area contributed by atoms with Crippen molar-refractivity contribution >= 4 is 77.1 Å². The first-order valence-electron chi connectivity index (χ1n) is 19.1. The fraction of sp³-hybridized carbons (Fsp3) is 0.149. The van der Waals surface area contributed by atoms with Crippen LogP contribution in [0.15, 0.2) is 130 Å². The minimum atomic E-state index is -0.179. The molecule has 0 radical (unpaired) electrons. The molecule has 8 rings (SSSR count). The van der Waals surface area contributed by atoms with Crippen molar-refractivity contribution in [1.82, 2.24) is 19.9 Å². The quantitative estimate of drug-likeness (QED) is 0.102.